The first-order chi connectivity index (χ1) is 6.69. The summed E-state index contributed by atoms with van der Waals surface area (Å²) >= 11 is 0. The zero-order valence-corrected chi connectivity index (χ0v) is 9.49. The summed E-state index contributed by atoms with van der Waals surface area (Å²) in [6, 6.07) is 0.877. The van der Waals surface area contributed by atoms with E-state index in [2.05, 4.69) is 26.1 Å². The van der Waals surface area contributed by atoms with Crippen LogP contribution in [0.1, 0.15) is 33.6 Å². The highest BCUT2D eigenvalue weighted by Crippen LogP contribution is 2.17. The minimum atomic E-state index is 0.392. The van der Waals surface area contributed by atoms with E-state index in [4.69, 9.17) is 0 Å². The Hall–Kier alpha value is -0.570. The second-order valence-electron chi connectivity index (χ2n) is 4.51. The van der Waals surface area contributed by atoms with E-state index in [9.17, 15) is 4.79 Å². The fraction of sp³-hybridized carbons (Fsp3) is 0.909. The van der Waals surface area contributed by atoms with E-state index in [1.54, 1.807) is 0 Å². The van der Waals surface area contributed by atoms with Crippen LogP contribution in [0.2, 0.25) is 0 Å². The molecule has 2 atom stereocenters. The third kappa shape index (κ3) is 2.71. The first-order valence-corrected chi connectivity index (χ1v) is 5.63. The van der Waals surface area contributed by atoms with Gasteiger partial charge in [-0.3, -0.25) is 4.79 Å². The zero-order chi connectivity index (χ0) is 10.6. The van der Waals surface area contributed by atoms with Crippen LogP contribution < -0.4 is 5.32 Å². The summed E-state index contributed by atoms with van der Waals surface area (Å²) in [4.78, 5) is 12.8. The maximum absolute atomic E-state index is 10.9. The number of hydrogen-bond acceptors (Lipinski definition) is 2. The average Bonchev–Trinajstić information content (AvgIpc) is 2.16. The van der Waals surface area contributed by atoms with Crippen LogP contribution in [0, 0.1) is 5.92 Å². The van der Waals surface area contributed by atoms with Crippen LogP contribution in [0.4, 0.5) is 0 Å². The maximum Gasteiger partial charge on any atom is 0.210 e. The highest BCUT2D eigenvalue weighted by atomic mass is 16.1. The number of piperazine rings is 1. The van der Waals surface area contributed by atoms with Gasteiger partial charge in [-0.2, -0.15) is 0 Å². The van der Waals surface area contributed by atoms with Crippen LogP contribution in [0.3, 0.4) is 0 Å². The van der Waals surface area contributed by atoms with Crippen molar-refractivity contribution in [1.29, 1.82) is 0 Å². The lowest BCUT2D eigenvalue weighted by Gasteiger charge is -2.40. The first-order valence-electron chi connectivity index (χ1n) is 5.63. The van der Waals surface area contributed by atoms with Crippen molar-refractivity contribution in [2.75, 3.05) is 13.1 Å². The molecule has 1 aliphatic rings. The summed E-state index contributed by atoms with van der Waals surface area (Å²) < 4.78 is 0. The Morgan fingerprint density at radius 1 is 1.57 bits per heavy atom. The Labute approximate surface area is 86.9 Å². The van der Waals surface area contributed by atoms with E-state index >= 15 is 0 Å². The molecule has 1 rings (SSSR count). The van der Waals surface area contributed by atoms with E-state index in [1.165, 1.54) is 0 Å². The Balaban J connectivity index is 2.58. The second-order valence-corrected chi connectivity index (χ2v) is 4.51. The van der Waals surface area contributed by atoms with Gasteiger partial charge in [0.25, 0.3) is 0 Å². The van der Waals surface area contributed by atoms with E-state index in [0.29, 0.717) is 18.0 Å². The molecule has 1 heterocycles. The number of carbonyl (C=O) groups excluding carboxylic acids is 1. The molecule has 0 aromatic rings. The van der Waals surface area contributed by atoms with E-state index in [-0.39, 0.29) is 0 Å². The summed E-state index contributed by atoms with van der Waals surface area (Å²) in [7, 11) is 0. The van der Waals surface area contributed by atoms with E-state index in [1.807, 2.05) is 4.90 Å². The zero-order valence-electron chi connectivity index (χ0n) is 9.49. The van der Waals surface area contributed by atoms with Crippen LogP contribution in [0.5, 0.6) is 0 Å². The van der Waals surface area contributed by atoms with Crippen molar-refractivity contribution < 1.29 is 4.79 Å². The van der Waals surface area contributed by atoms with Gasteiger partial charge in [-0.1, -0.05) is 20.8 Å². The molecule has 1 aliphatic heterocycles. The highest BCUT2D eigenvalue weighted by Gasteiger charge is 2.28. The SMILES string of the molecule is CCC1C(CC(C)C)NCCN1C=O. The standard InChI is InChI=1S/C11H22N2O/c1-4-11-10(7-9(2)3)12-5-6-13(11)8-14/h8-12H,4-7H2,1-3H3. The fourth-order valence-corrected chi connectivity index (χ4v) is 2.31. The third-order valence-electron chi connectivity index (χ3n) is 2.95. The third-order valence-corrected chi connectivity index (χ3v) is 2.95. The Bertz CT molecular complexity index is 182. The largest absolute Gasteiger partial charge is 0.339 e. The summed E-state index contributed by atoms with van der Waals surface area (Å²) in [5.41, 5.74) is 0. The van der Waals surface area contributed by atoms with Gasteiger partial charge < -0.3 is 10.2 Å². The van der Waals surface area contributed by atoms with E-state index < -0.39 is 0 Å². The minimum absolute atomic E-state index is 0.392. The van der Waals surface area contributed by atoms with Gasteiger partial charge in [0.1, 0.15) is 0 Å². The van der Waals surface area contributed by atoms with Crippen molar-refractivity contribution in [2.24, 2.45) is 5.92 Å². The van der Waals surface area contributed by atoms with Gasteiger partial charge in [-0.05, 0) is 18.8 Å². The lowest BCUT2D eigenvalue weighted by Crippen LogP contribution is -2.57. The predicted octanol–water partition coefficient (Wildman–Crippen LogP) is 1.24. The van der Waals surface area contributed by atoms with Crippen molar-refractivity contribution >= 4 is 6.41 Å². The smallest absolute Gasteiger partial charge is 0.210 e. The number of nitrogens with one attached hydrogen (secondary N) is 1. The minimum Gasteiger partial charge on any atom is -0.339 e. The van der Waals surface area contributed by atoms with Crippen LogP contribution in [0.25, 0.3) is 0 Å². The van der Waals surface area contributed by atoms with Crippen LogP contribution in [-0.2, 0) is 4.79 Å². The van der Waals surface area contributed by atoms with Crippen molar-refractivity contribution in [3.63, 3.8) is 0 Å². The normalized spacial score (nSPS) is 28.1. The molecule has 3 heteroatoms. The quantitative estimate of drug-likeness (QED) is 0.689. The molecule has 0 aliphatic carbocycles. The molecule has 0 saturated carbocycles. The molecule has 2 unspecified atom stereocenters. The predicted molar refractivity (Wildman–Crippen MR) is 58.1 cm³/mol. The lowest BCUT2D eigenvalue weighted by molar-refractivity contribution is -0.122. The van der Waals surface area contributed by atoms with Crippen molar-refractivity contribution in [3.8, 4) is 0 Å². The van der Waals surface area contributed by atoms with Crippen molar-refractivity contribution in [2.45, 2.75) is 45.7 Å². The second kappa shape index (κ2) is 5.35. The Morgan fingerprint density at radius 2 is 2.29 bits per heavy atom. The van der Waals surface area contributed by atoms with E-state index in [0.717, 1.165) is 32.3 Å². The number of rotatable bonds is 4. The summed E-state index contributed by atoms with van der Waals surface area (Å²) in [6.07, 6.45) is 3.20. The monoisotopic (exact) mass is 198 g/mol. The lowest BCUT2D eigenvalue weighted by atomic mass is 9.93. The van der Waals surface area contributed by atoms with Gasteiger partial charge in [0.05, 0.1) is 0 Å². The Morgan fingerprint density at radius 3 is 2.79 bits per heavy atom. The molecule has 1 fully saturated rings. The molecule has 1 saturated heterocycles. The first kappa shape index (κ1) is 11.5. The molecule has 0 aromatic carbocycles. The summed E-state index contributed by atoms with van der Waals surface area (Å²) in [5, 5.41) is 3.52. The van der Waals surface area contributed by atoms with Crippen LogP contribution >= 0.6 is 0 Å². The van der Waals surface area contributed by atoms with Gasteiger partial charge in [0.15, 0.2) is 0 Å². The number of nitrogens with zero attached hydrogens (tertiary/aromatic N) is 1. The number of amides is 1. The molecule has 0 aromatic heterocycles. The van der Waals surface area contributed by atoms with Gasteiger partial charge in [0.2, 0.25) is 6.41 Å². The van der Waals surface area contributed by atoms with Crippen molar-refractivity contribution in [3.05, 3.63) is 0 Å². The van der Waals surface area contributed by atoms with Crippen molar-refractivity contribution in [1.82, 2.24) is 10.2 Å². The van der Waals surface area contributed by atoms with Gasteiger partial charge in [-0.15, -0.1) is 0 Å². The van der Waals surface area contributed by atoms with Crippen LogP contribution in [0.15, 0.2) is 0 Å². The van der Waals surface area contributed by atoms with Crippen LogP contribution in [-0.4, -0.2) is 36.5 Å². The molecule has 0 bridgehead atoms. The number of hydrogen-bond donors (Lipinski definition) is 1. The fourth-order valence-electron chi connectivity index (χ4n) is 2.31. The molecular weight excluding hydrogens is 176 g/mol. The molecule has 82 valence electrons. The average molecular weight is 198 g/mol. The maximum atomic E-state index is 10.9. The molecule has 1 N–H and O–H groups in total. The molecular formula is C11H22N2O. The molecule has 3 nitrogen and oxygen atoms in total. The van der Waals surface area contributed by atoms with Gasteiger partial charge in [0, 0.05) is 25.2 Å². The topological polar surface area (TPSA) is 32.3 Å². The summed E-state index contributed by atoms with van der Waals surface area (Å²) in [5.74, 6) is 0.688. The Kier molecular flexibility index (Phi) is 4.39. The summed E-state index contributed by atoms with van der Waals surface area (Å²) in [6.45, 7) is 8.41. The van der Waals surface area contributed by atoms with Gasteiger partial charge >= 0.3 is 0 Å². The van der Waals surface area contributed by atoms with Gasteiger partial charge in [-0.25, -0.2) is 0 Å². The molecule has 0 radical (unpaired) electrons. The number of carbonyl (C=O) groups is 1. The highest BCUT2D eigenvalue weighted by molar-refractivity contribution is 5.48. The molecule has 14 heavy (non-hydrogen) atoms. The molecule has 0 spiro atoms. The molecule has 1 amide bonds.